The number of nitriles is 1. The summed E-state index contributed by atoms with van der Waals surface area (Å²) in [4.78, 5) is 3.34. The number of thiazole rings is 1. The lowest BCUT2D eigenvalue weighted by Crippen LogP contribution is -2.02. The SMILES string of the molecule is N#Cc1c(F)cccc1-c1cnc(C(F)(F)F)s1. The Bertz CT molecular complexity index is 625. The molecule has 2 aromatic rings. The number of aromatic nitrogens is 1. The molecule has 0 saturated carbocycles. The van der Waals surface area contributed by atoms with Crippen molar-refractivity contribution in [2.45, 2.75) is 6.18 Å². The lowest BCUT2D eigenvalue weighted by atomic mass is 10.1. The van der Waals surface area contributed by atoms with E-state index in [1.54, 1.807) is 6.07 Å². The third-order valence-electron chi connectivity index (χ3n) is 2.14. The number of alkyl halides is 3. The van der Waals surface area contributed by atoms with Gasteiger partial charge >= 0.3 is 6.18 Å². The Balaban J connectivity index is 2.54. The van der Waals surface area contributed by atoms with Crippen LogP contribution in [0.5, 0.6) is 0 Å². The van der Waals surface area contributed by atoms with Crippen molar-refractivity contribution < 1.29 is 17.6 Å². The molecule has 1 heterocycles. The molecule has 0 atom stereocenters. The van der Waals surface area contributed by atoms with Gasteiger partial charge in [0, 0.05) is 11.8 Å². The fourth-order valence-corrected chi connectivity index (χ4v) is 2.19. The average molecular weight is 272 g/mol. The van der Waals surface area contributed by atoms with Crippen LogP contribution in [0, 0.1) is 17.1 Å². The molecule has 0 N–H and O–H groups in total. The molecule has 0 spiro atoms. The van der Waals surface area contributed by atoms with E-state index in [2.05, 4.69) is 4.98 Å². The average Bonchev–Trinajstić information content (AvgIpc) is 2.77. The van der Waals surface area contributed by atoms with E-state index in [1.807, 2.05) is 0 Å². The van der Waals surface area contributed by atoms with E-state index < -0.39 is 17.0 Å². The lowest BCUT2D eigenvalue weighted by Gasteiger charge is -2.01. The highest BCUT2D eigenvalue weighted by Crippen LogP contribution is 2.37. The van der Waals surface area contributed by atoms with Gasteiger partial charge in [-0.15, -0.1) is 11.3 Å². The molecule has 0 aliphatic rings. The smallest absolute Gasteiger partial charge is 0.240 e. The molecule has 0 bridgehead atoms. The van der Waals surface area contributed by atoms with Gasteiger partial charge in [0.2, 0.25) is 0 Å². The Labute approximate surface area is 103 Å². The predicted octanol–water partition coefficient (Wildman–Crippen LogP) is 3.84. The van der Waals surface area contributed by atoms with Crippen LogP contribution >= 0.6 is 11.3 Å². The second-order valence-electron chi connectivity index (χ2n) is 3.30. The summed E-state index contributed by atoms with van der Waals surface area (Å²) in [5, 5.41) is 7.78. The lowest BCUT2D eigenvalue weighted by molar-refractivity contribution is -0.137. The van der Waals surface area contributed by atoms with E-state index in [0.29, 0.717) is 11.3 Å². The Morgan fingerprint density at radius 2 is 2.00 bits per heavy atom. The van der Waals surface area contributed by atoms with Crippen LogP contribution in [0.1, 0.15) is 10.6 Å². The summed E-state index contributed by atoms with van der Waals surface area (Å²) in [5.41, 5.74) is -0.166. The maximum absolute atomic E-state index is 13.3. The van der Waals surface area contributed by atoms with Crippen molar-refractivity contribution in [3.05, 3.63) is 40.8 Å². The molecule has 92 valence electrons. The van der Waals surface area contributed by atoms with Crippen LogP contribution in [-0.2, 0) is 6.18 Å². The zero-order valence-electron chi connectivity index (χ0n) is 8.62. The van der Waals surface area contributed by atoms with Gasteiger partial charge in [0.1, 0.15) is 11.9 Å². The van der Waals surface area contributed by atoms with Gasteiger partial charge in [-0.1, -0.05) is 12.1 Å². The summed E-state index contributed by atoms with van der Waals surface area (Å²) in [7, 11) is 0. The quantitative estimate of drug-likeness (QED) is 0.739. The van der Waals surface area contributed by atoms with E-state index in [-0.39, 0.29) is 16.0 Å². The van der Waals surface area contributed by atoms with Gasteiger partial charge in [-0.3, -0.25) is 0 Å². The second kappa shape index (κ2) is 4.38. The van der Waals surface area contributed by atoms with Gasteiger partial charge in [0.15, 0.2) is 5.01 Å². The highest BCUT2D eigenvalue weighted by Gasteiger charge is 2.34. The first kappa shape index (κ1) is 12.5. The molecule has 0 amide bonds. The number of benzene rings is 1. The van der Waals surface area contributed by atoms with Crippen LogP contribution < -0.4 is 0 Å². The number of hydrogen-bond acceptors (Lipinski definition) is 3. The first-order chi connectivity index (χ1) is 8.43. The molecule has 0 radical (unpaired) electrons. The first-order valence-corrected chi connectivity index (χ1v) is 5.47. The molecule has 18 heavy (non-hydrogen) atoms. The fraction of sp³-hybridized carbons (Fsp3) is 0.0909. The van der Waals surface area contributed by atoms with Crippen molar-refractivity contribution in [1.82, 2.24) is 4.98 Å². The third kappa shape index (κ3) is 2.19. The molecule has 2 nitrogen and oxygen atoms in total. The van der Waals surface area contributed by atoms with E-state index in [9.17, 15) is 17.6 Å². The maximum Gasteiger partial charge on any atom is 0.443 e. The van der Waals surface area contributed by atoms with Gasteiger partial charge in [-0.05, 0) is 6.07 Å². The first-order valence-electron chi connectivity index (χ1n) is 4.65. The van der Waals surface area contributed by atoms with Gasteiger partial charge in [-0.2, -0.15) is 18.4 Å². The Morgan fingerprint density at radius 3 is 2.56 bits per heavy atom. The minimum Gasteiger partial charge on any atom is -0.240 e. The van der Waals surface area contributed by atoms with E-state index in [4.69, 9.17) is 5.26 Å². The normalized spacial score (nSPS) is 11.3. The molecule has 0 saturated heterocycles. The van der Waals surface area contributed by atoms with Crippen LogP contribution in [0.2, 0.25) is 0 Å². The van der Waals surface area contributed by atoms with E-state index in [0.717, 1.165) is 12.3 Å². The standard InChI is InChI=1S/C11H4F4N2S/c12-8-3-1-2-6(7(8)4-16)9-5-17-10(18-9)11(13,14)15/h1-3,5H. The van der Waals surface area contributed by atoms with Crippen LogP contribution in [0.25, 0.3) is 10.4 Å². The summed E-state index contributed by atoms with van der Waals surface area (Å²) >= 11 is 0.377. The Hall–Kier alpha value is -1.94. The number of rotatable bonds is 1. The van der Waals surface area contributed by atoms with E-state index >= 15 is 0 Å². The van der Waals surface area contributed by atoms with Crippen molar-refractivity contribution in [3.63, 3.8) is 0 Å². The molecule has 0 aliphatic carbocycles. The fourth-order valence-electron chi connectivity index (χ4n) is 1.37. The van der Waals surface area contributed by atoms with Crippen molar-refractivity contribution in [3.8, 4) is 16.5 Å². The highest BCUT2D eigenvalue weighted by molar-refractivity contribution is 7.15. The second-order valence-corrected chi connectivity index (χ2v) is 4.33. The zero-order valence-corrected chi connectivity index (χ0v) is 9.44. The summed E-state index contributed by atoms with van der Waals surface area (Å²) in [5.74, 6) is -0.767. The molecular weight excluding hydrogens is 268 g/mol. The van der Waals surface area contributed by atoms with Crippen molar-refractivity contribution in [1.29, 1.82) is 5.26 Å². The monoisotopic (exact) mass is 272 g/mol. The molecule has 0 unspecified atom stereocenters. The topological polar surface area (TPSA) is 36.7 Å². The van der Waals surface area contributed by atoms with E-state index in [1.165, 1.54) is 12.1 Å². The molecule has 1 aromatic carbocycles. The van der Waals surface area contributed by atoms with Crippen molar-refractivity contribution >= 4 is 11.3 Å². The highest BCUT2D eigenvalue weighted by atomic mass is 32.1. The summed E-state index contributed by atoms with van der Waals surface area (Å²) in [6.45, 7) is 0. The number of halogens is 4. The predicted molar refractivity (Wildman–Crippen MR) is 57.2 cm³/mol. The summed E-state index contributed by atoms with van der Waals surface area (Å²) in [6, 6.07) is 5.43. The number of hydrogen-bond donors (Lipinski definition) is 0. The third-order valence-corrected chi connectivity index (χ3v) is 3.21. The van der Waals surface area contributed by atoms with Crippen LogP contribution in [0.4, 0.5) is 17.6 Å². The Morgan fingerprint density at radius 1 is 1.28 bits per heavy atom. The van der Waals surface area contributed by atoms with Gasteiger partial charge in [0.05, 0.1) is 10.4 Å². The molecule has 2 rings (SSSR count). The summed E-state index contributed by atoms with van der Waals surface area (Å²) in [6.07, 6.45) is -3.55. The van der Waals surface area contributed by atoms with Crippen LogP contribution in [0.3, 0.4) is 0 Å². The number of nitrogens with zero attached hydrogens (tertiary/aromatic N) is 2. The minimum absolute atomic E-state index is 0.110. The Kier molecular flexibility index (Phi) is 3.05. The van der Waals surface area contributed by atoms with Gasteiger partial charge < -0.3 is 0 Å². The van der Waals surface area contributed by atoms with Crippen LogP contribution in [0.15, 0.2) is 24.4 Å². The molecule has 0 aliphatic heterocycles. The van der Waals surface area contributed by atoms with Crippen molar-refractivity contribution in [2.24, 2.45) is 0 Å². The molecular formula is C11H4F4N2S. The largest absolute Gasteiger partial charge is 0.443 e. The van der Waals surface area contributed by atoms with Crippen molar-refractivity contribution in [2.75, 3.05) is 0 Å². The molecule has 7 heteroatoms. The molecule has 0 fully saturated rings. The zero-order chi connectivity index (χ0) is 13.3. The summed E-state index contributed by atoms with van der Waals surface area (Å²) < 4.78 is 50.5. The van der Waals surface area contributed by atoms with Gasteiger partial charge in [0.25, 0.3) is 0 Å². The van der Waals surface area contributed by atoms with Crippen LogP contribution in [-0.4, -0.2) is 4.98 Å². The maximum atomic E-state index is 13.3. The minimum atomic E-state index is -4.54. The van der Waals surface area contributed by atoms with Gasteiger partial charge in [-0.25, -0.2) is 9.37 Å². The molecule has 1 aromatic heterocycles.